The number of aliphatic hydroxyl groups is 1. The number of hydrogen-bond acceptors (Lipinski definition) is 6. The molecule has 0 aromatic rings. The zero-order valence-electron chi connectivity index (χ0n) is 18.8. The number of likely N-dealkylation sites (tertiary alicyclic amines) is 1. The third-order valence-electron chi connectivity index (χ3n) is 7.22. The number of hydrogen-bond donors (Lipinski definition) is 1. The van der Waals surface area contributed by atoms with Gasteiger partial charge in [-0.15, -0.1) is 11.8 Å². The largest absolute Gasteiger partial charge is 0.461 e. The third kappa shape index (κ3) is 3.09. The van der Waals surface area contributed by atoms with E-state index in [9.17, 15) is 19.5 Å². The monoisotopic (exact) mass is 448 g/mol. The van der Waals surface area contributed by atoms with E-state index in [1.807, 2.05) is 58.9 Å². The van der Waals surface area contributed by atoms with Crippen molar-refractivity contribution in [3.63, 3.8) is 0 Å². The molecule has 1 unspecified atom stereocenters. The number of aliphatic hydroxyl groups excluding tert-OH is 1. The summed E-state index contributed by atoms with van der Waals surface area (Å²) in [6.07, 6.45) is 7.74. The molecule has 1 spiro atoms. The Balaban J connectivity index is 1.93. The molecule has 0 aromatic heterocycles. The number of carbonyl (C=O) groups excluding carboxylic acids is 3. The van der Waals surface area contributed by atoms with Crippen molar-refractivity contribution in [1.82, 2.24) is 9.80 Å². The van der Waals surface area contributed by atoms with Crippen molar-refractivity contribution in [2.45, 2.75) is 62.2 Å². The fourth-order valence-electron chi connectivity index (χ4n) is 5.75. The Morgan fingerprint density at radius 1 is 1.13 bits per heavy atom. The Labute approximate surface area is 187 Å². The van der Waals surface area contributed by atoms with Gasteiger partial charge in [0.1, 0.15) is 12.6 Å². The molecule has 0 bridgehead atoms. The summed E-state index contributed by atoms with van der Waals surface area (Å²) in [5.74, 6) is -2.22. The first-order valence-electron chi connectivity index (χ1n) is 11.0. The fourth-order valence-corrected chi connectivity index (χ4v) is 7.89. The zero-order valence-corrected chi connectivity index (χ0v) is 19.6. The Kier molecular flexibility index (Phi) is 5.53. The molecule has 2 fully saturated rings. The normalized spacial score (nSPS) is 38.2. The first-order valence-corrected chi connectivity index (χ1v) is 11.9. The van der Waals surface area contributed by atoms with Crippen LogP contribution in [0.25, 0.3) is 0 Å². The Morgan fingerprint density at radius 2 is 1.84 bits per heavy atom. The minimum absolute atomic E-state index is 0.0349. The van der Waals surface area contributed by atoms with Crippen molar-refractivity contribution in [2.75, 3.05) is 19.8 Å². The van der Waals surface area contributed by atoms with Crippen LogP contribution < -0.4 is 0 Å². The maximum absolute atomic E-state index is 14.0. The predicted octanol–water partition coefficient (Wildman–Crippen LogP) is 1.61. The van der Waals surface area contributed by atoms with Gasteiger partial charge >= 0.3 is 5.97 Å². The minimum atomic E-state index is -0.889. The molecule has 4 aliphatic heterocycles. The molecule has 0 saturated carbocycles. The Hall–Kier alpha value is -1.80. The van der Waals surface area contributed by atoms with Crippen molar-refractivity contribution in [3.05, 3.63) is 24.3 Å². The third-order valence-corrected chi connectivity index (χ3v) is 9.02. The van der Waals surface area contributed by atoms with Crippen LogP contribution in [0.5, 0.6) is 0 Å². The summed E-state index contributed by atoms with van der Waals surface area (Å²) < 4.78 is 3.88. The number of fused-ring (bicyclic) bond motifs is 2. The summed E-state index contributed by atoms with van der Waals surface area (Å²) in [5, 5.41) is 10.2. The van der Waals surface area contributed by atoms with Crippen LogP contribution >= 0.6 is 11.8 Å². The van der Waals surface area contributed by atoms with Crippen LogP contribution in [0.3, 0.4) is 0 Å². The molecule has 2 saturated heterocycles. The minimum Gasteiger partial charge on any atom is -0.461 e. The van der Waals surface area contributed by atoms with Gasteiger partial charge in [-0.05, 0) is 32.8 Å². The number of rotatable bonds is 4. The lowest BCUT2D eigenvalue weighted by Gasteiger charge is -2.41. The molecule has 2 amide bonds. The van der Waals surface area contributed by atoms with Crippen LogP contribution in [0.2, 0.25) is 0 Å². The average Bonchev–Trinajstić information content (AvgIpc) is 2.93. The summed E-state index contributed by atoms with van der Waals surface area (Å²) in [7, 11) is 0. The summed E-state index contributed by atoms with van der Waals surface area (Å²) in [6, 6.07) is -1.32. The van der Waals surface area contributed by atoms with Crippen molar-refractivity contribution < 1.29 is 24.2 Å². The van der Waals surface area contributed by atoms with Gasteiger partial charge in [0.15, 0.2) is 0 Å². The van der Waals surface area contributed by atoms with E-state index < -0.39 is 39.4 Å². The molecule has 1 N–H and O–H groups in total. The molecule has 4 aliphatic rings. The summed E-state index contributed by atoms with van der Waals surface area (Å²) in [5.41, 5.74) is 0. The lowest BCUT2D eigenvalue weighted by molar-refractivity contribution is -0.153. The quantitative estimate of drug-likeness (QED) is 0.519. The maximum Gasteiger partial charge on any atom is 0.311 e. The molecule has 7 nitrogen and oxygen atoms in total. The molecule has 170 valence electrons. The summed E-state index contributed by atoms with van der Waals surface area (Å²) >= 11 is 1.53. The molecular weight excluding hydrogens is 416 g/mol. The summed E-state index contributed by atoms with van der Waals surface area (Å²) in [6.45, 7) is 10.2. The highest BCUT2D eigenvalue weighted by Gasteiger charge is 2.74. The van der Waals surface area contributed by atoms with Gasteiger partial charge in [-0.25, -0.2) is 0 Å². The number of amides is 2. The van der Waals surface area contributed by atoms with E-state index in [4.69, 9.17) is 4.74 Å². The van der Waals surface area contributed by atoms with Crippen LogP contribution in [0.15, 0.2) is 24.3 Å². The topological polar surface area (TPSA) is 87.2 Å². The second-order valence-electron chi connectivity index (χ2n) is 9.76. The first kappa shape index (κ1) is 22.4. The van der Waals surface area contributed by atoms with E-state index >= 15 is 0 Å². The van der Waals surface area contributed by atoms with Crippen LogP contribution in [0, 0.1) is 17.8 Å². The van der Waals surface area contributed by atoms with Gasteiger partial charge in [0.25, 0.3) is 0 Å². The van der Waals surface area contributed by atoms with Gasteiger partial charge in [0.2, 0.25) is 11.8 Å². The Morgan fingerprint density at radius 3 is 2.45 bits per heavy atom. The first-order chi connectivity index (χ1) is 14.6. The lowest BCUT2D eigenvalue weighted by Crippen LogP contribution is -2.58. The molecule has 0 aromatic carbocycles. The highest BCUT2D eigenvalue weighted by atomic mass is 32.2. The van der Waals surface area contributed by atoms with E-state index in [0.717, 1.165) is 0 Å². The van der Waals surface area contributed by atoms with E-state index in [-0.39, 0.29) is 37.0 Å². The van der Waals surface area contributed by atoms with E-state index in [2.05, 4.69) is 0 Å². The van der Waals surface area contributed by atoms with Crippen molar-refractivity contribution in [3.8, 4) is 0 Å². The number of esters is 1. The zero-order chi connectivity index (χ0) is 22.7. The number of ether oxygens (including phenoxy) is 1. The van der Waals surface area contributed by atoms with Crippen molar-refractivity contribution >= 4 is 29.5 Å². The average molecular weight is 449 g/mol. The summed E-state index contributed by atoms with van der Waals surface area (Å²) in [4.78, 5) is 44.4. The van der Waals surface area contributed by atoms with Crippen LogP contribution in [0.1, 0.15) is 34.6 Å². The van der Waals surface area contributed by atoms with Crippen molar-refractivity contribution in [1.29, 1.82) is 0 Å². The molecular formula is C23H32N2O5S. The molecule has 6 atom stereocenters. The smallest absolute Gasteiger partial charge is 0.311 e. The number of cyclic esters (lactones) is 1. The molecule has 4 rings (SSSR count). The van der Waals surface area contributed by atoms with E-state index in [0.29, 0.717) is 6.54 Å². The van der Waals surface area contributed by atoms with Gasteiger partial charge in [-0.1, -0.05) is 32.1 Å². The molecule has 0 aliphatic carbocycles. The van der Waals surface area contributed by atoms with Crippen LogP contribution in [-0.4, -0.2) is 80.1 Å². The maximum atomic E-state index is 14.0. The molecule has 0 radical (unpaired) electrons. The lowest BCUT2D eigenvalue weighted by atomic mass is 9.75. The second-order valence-corrected chi connectivity index (χ2v) is 11.5. The number of thioether (sulfide) groups is 1. The highest BCUT2D eigenvalue weighted by Crippen LogP contribution is 2.65. The SMILES string of the molecule is CC(C)[C@H](CO)N1C(=O)[C@@H]2[C@@H]3C(=O)OCC=C[C@]3(C)S[C@@]23C=CCN(C(C)C)C(=O)C13. The number of carbonyl (C=O) groups is 3. The van der Waals surface area contributed by atoms with Gasteiger partial charge in [0.05, 0.1) is 29.2 Å². The molecule has 8 heteroatoms. The molecule has 31 heavy (non-hydrogen) atoms. The second kappa shape index (κ2) is 7.66. The van der Waals surface area contributed by atoms with Gasteiger partial charge in [-0.3, -0.25) is 14.4 Å². The number of nitrogens with zero attached hydrogens (tertiary/aromatic N) is 2. The fraction of sp³-hybridized carbons (Fsp3) is 0.696. The van der Waals surface area contributed by atoms with E-state index in [1.165, 1.54) is 11.8 Å². The Bertz CT molecular complexity index is 855. The van der Waals surface area contributed by atoms with Gasteiger partial charge < -0.3 is 19.6 Å². The highest BCUT2D eigenvalue weighted by molar-refractivity contribution is 8.02. The van der Waals surface area contributed by atoms with Crippen LogP contribution in [-0.2, 0) is 19.1 Å². The van der Waals surface area contributed by atoms with Gasteiger partial charge in [-0.2, -0.15) is 0 Å². The van der Waals surface area contributed by atoms with Crippen molar-refractivity contribution in [2.24, 2.45) is 17.8 Å². The van der Waals surface area contributed by atoms with Crippen LogP contribution in [0.4, 0.5) is 0 Å². The standard InChI is InChI=1S/C23H32N2O5S/c1-13(2)15(12-26)25-18-20(28)24(14(3)4)10-6-9-23(18)16(19(25)27)17-21(29)30-11-7-8-22(17,5)31-23/h6-9,13-18,26H,10-12H2,1-5H3/t15-,16-,17+,18?,22-,23-/m0/s1. The predicted molar refractivity (Wildman–Crippen MR) is 118 cm³/mol. The van der Waals surface area contributed by atoms with Gasteiger partial charge in [0, 0.05) is 17.3 Å². The van der Waals surface area contributed by atoms with E-state index in [1.54, 1.807) is 9.80 Å². The molecule has 4 heterocycles.